The molecule has 0 heterocycles. The van der Waals surface area contributed by atoms with Crippen LogP contribution in [-0.2, 0) is 20.9 Å². The molecule has 0 bridgehead atoms. The number of amides is 1. The second-order valence-electron chi connectivity index (χ2n) is 4.43. The third-order valence-corrected chi connectivity index (χ3v) is 4.89. The van der Waals surface area contributed by atoms with Crippen LogP contribution in [0, 0.1) is 5.41 Å². The summed E-state index contributed by atoms with van der Waals surface area (Å²) in [6.07, 6.45) is -0.852. The monoisotopic (exact) mass is 372 g/mol. The molecule has 0 aliphatic heterocycles. The van der Waals surface area contributed by atoms with Gasteiger partial charge in [-0.3, -0.25) is 5.41 Å². The molecule has 0 saturated carbocycles. The van der Waals surface area contributed by atoms with Gasteiger partial charge in [-0.25, -0.2) is 14.4 Å². The van der Waals surface area contributed by atoms with E-state index in [-0.39, 0.29) is 18.1 Å². The van der Waals surface area contributed by atoms with Gasteiger partial charge in [-0.15, -0.1) is 0 Å². The van der Waals surface area contributed by atoms with Crippen LogP contribution in [0.1, 0.15) is 5.56 Å². The van der Waals surface area contributed by atoms with E-state index >= 15 is 0 Å². The lowest BCUT2D eigenvalue weighted by molar-refractivity contribution is -0.138. The van der Waals surface area contributed by atoms with Crippen molar-refractivity contribution in [1.29, 1.82) is 5.41 Å². The maximum absolute atomic E-state index is 11.6. The van der Waals surface area contributed by atoms with E-state index in [4.69, 9.17) is 20.4 Å². The van der Waals surface area contributed by atoms with Gasteiger partial charge < -0.3 is 20.3 Å². The Morgan fingerprint density at radius 3 is 2.42 bits per heavy atom. The van der Waals surface area contributed by atoms with Gasteiger partial charge in [0.15, 0.2) is 0 Å². The fraction of sp³-hybridized carbons (Fsp3) is 0.286. The normalized spacial score (nSPS) is 11.3. The number of rotatable bonds is 10. The number of carboxylic acids is 2. The molecule has 0 aliphatic carbocycles. The van der Waals surface area contributed by atoms with Crippen molar-refractivity contribution in [3.63, 3.8) is 0 Å². The lowest BCUT2D eigenvalue weighted by Crippen LogP contribution is -2.42. The molecule has 0 saturated heterocycles. The predicted molar refractivity (Wildman–Crippen MR) is 91.5 cm³/mol. The minimum atomic E-state index is -1.32. The van der Waals surface area contributed by atoms with Gasteiger partial charge in [0.2, 0.25) is 0 Å². The Morgan fingerprint density at radius 1 is 1.17 bits per heavy atom. The molecule has 1 rings (SSSR count). The average molecular weight is 372 g/mol. The van der Waals surface area contributed by atoms with Crippen molar-refractivity contribution in [1.82, 2.24) is 5.32 Å². The summed E-state index contributed by atoms with van der Waals surface area (Å²) in [5.74, 6) is -2.61. The molecule has 0 fully saturated rings. The van der Waals surface area contributed by atoms with Gasteiger partial charge in [-0.05, 0) is 5.56 Å². The molecule has 0 spiro atoms. The summed E-state index contributed by atoms with van der Waals surface area (Å²) in [4.78, 5) is 33.2. The first-order valence-corrected chi connectivity index (χ1v) is 9.14. The van der Waals surface area contributed by atoms with Crippen LogP contribution < -0.4 is 5.32 Å². The number of ether oxygens (including phenoxy) is 1. The fourth-order valence-corrected chi connectivity index (χ4v) is 3.44. The third-order valence-electron chi connectivity index (χ3n) is 2.58. The largest absolute Gasteiger partial charge is 0.480 e. The van der Waals surface area contributed by atoms with Crippen LogP contribution in [-0.4, -0.2) is 51.5 Å². The summed E-state index contributed by atoms with van der Waals surface area (Å²) in [6, 6.07) is 7.77. The summed E-state index contributed by atoms with van der Waals surface area (Å²) >= 11 is 0. The molecule has 10 heteroatoms. The first kappa shape index (κ1) is 19.8. The summed E-state index contributed by atoms with van der Waals surface area (Å²) in [5, 5.41) is 27.0. The van der Waals surface area contributed by atoms with Gasteiger partial charge in [0.05, 0.1) is 5.75 Å². The Morgan fingerprint density at radius 2 is 1.83 bits per heavy atom. The van der Waals surface area contributed by atoms with E-state index in [1.807, 2.05) is 6.07 Å². The quantitative estimate of drug-likeness (QED) is 0.277. The molecular weight excluding hydrogens is 356 g/mol. The van der Waals surface area contributed by atoms with Crippen LogP contribution in [0.3, 0.4) is 0 Å². The fourth-order valence-electron chi connectivity index (χ4n) is 1.36. The SMILES string of the molecule is N=C(CSSC[C@H](NC(=O)OCc1ccccc1)C(=O)O)C(=O)O. The number of carbonyl (C=O) groups excluding carboxylic acids is 1. The van der Waals surface area contributed by atoms with E-state index in [9.17, 15) is 14.4 Å². The molecular formula is C14H16N2O6S2. The summed E-state index contributed by atoms with van der Waals surface area (Å²) in [5.41, 5.74) is 0.297. The van der Waals surface area contributed by atoms with Crippen molar-refractivity contribution >= 4 is 45.3 Å². The molecule has 0 radical (unpaired) electrons. The second kappa shape index (κ2) is 10.6. The molecule has 24 heavy (non-hydrogen) atoms. The zero-order chi connectivity index (χ0) is 17.9. The van der Waals surface area contributed by atoms with Crippen LogP contribution in [0.25, 0.3) is 0 Å². The zero-order valence-electron chi connectivity index (χ0n) is 12.4. The number of carbonyl (C=O) groups is 3. The Kier molecular flexibility index (Phi) is 8.72. The highest BCUT2D eigenvalue weighted by Gasteiger charge is 2.21. The highest BCUT2D eigenvalue weighted by molar-refractivity contribution is 8.76. The van der Waals surface area contributed by atoms with E-state index in [2.05, 4.69) is 5.32 Å². The third kappa shape index (κ3) is 7.88. The highest BCUT2D eigenvalue weighted by Crippen LogP contribution is 2.22. The van der Waals surface area contributed by atoms with Gasteiger partial charge in [0.1, 0.15) is 18.4 Å². The number of carboxylic acid groups (broad SMARTS) is 2. The van der Waals surface area contributed by atoms with Crippen LogP contribution in [0.4, 0.5) is 4.79 Å². The van der Waals surface area contributed by atoms with Gasteiger partial charge >= 0.3 is 18.0 Å². The van der Waals surface area contributed by atoms with Gasteiger partial charge in [0.25, 0.3) is 0 Å². The second-order valence-corrected chi connectivity index (χ2v) is 6.93. The number of benzene rings is 1. The van der Waals surface area contributed by atoms with Crippen LogP contribution in [0.2, 0.25) is 0 Å². The predicted octanol–water partition coefficient (Wildman–Crippen LogP) is 1.85. The van der Waals surface area contributed by atoms with Crippen molar-refractivity contribution in [2.45, 2.75) is 12.6 Å². The standard InChI is InChI=1S/C14H16N2O6S2/c15-10(12(17)18)7-23-24-8-11(13(19)20)16-14(21)22-6-9-4-2-1-3-5-9/h1-5,11,15H,6-8H2,(H,16,21)(H,17,18)(H,19,20)/t11-/m0/s1. The molecule has 8 nitrogen and oxygen atoms in total. The van der Waals surface area contributed by atoms with Gasteiger partial charge in [-0.1, -0.05) is 51.9 Å². The Balaban J connectivity index is 2.34. The molecule has 130 valence electrons. The number of alkyl carbamates (subject to hydrolysis) is 1. The van der Waals surface area contributed by atoms with Crippen LogP contribution in [0.5, 0.6) is 0 Å². The Bertz CT molecular complexity index is 596. The van der Waals surface area contributed by atoms with E-state index in [0.29, 0.717) is 0 Å². The average Bonchev–Trinajstić information content (AvgIpc) is 2.56. The smallest absolute Gasteiger partial charge is 0.408 e. The van der Waals surface area contributed by atoms with Crippen LogP contribution in [0.15, 0.2) is 30.3 Å². The number of hydrogen-bond acceptors (Lipinski definition) is 7. The maximum atomic E-state index is 11.6. The number of aliphatic carboxylic acids is 2. The summed E-state index contributed by atoms with van der Waals surface area (Å²) < 4.78 is 4.94. The van der Waals surface area contributed by atoms with E-state index in [1.165, 1.54) is 0 Å². The number of nitrogens with one attached hydrogen (secondary N) is 2. The van der Waals surface area contributed by atoms with Crippen molar-refractivity contribution in [2.75, 3.05) is 11.5 Å². The molecule has 1 amide bonds. The van der Waals surface area contributed by atoms with E-state index in [0.717, 1.165) is 27.2 Å². The minimum absolute atomic E-state index is 0.00728. The first-order valence-electron chi connectivity index (χ1n) is 6.65. The van der Waals surface area contributed by atoms with Gasteiger partial charge in [0, 0.05) is 5.75 Å². The Labute approximate surface area is 145 Å². The van der Waals surface area contributed by atoms with Crippen molar-refractivity contribution in [3.8, 4) is 0 Å². The summed E-state index contributed by atoms with van der Waals surface area (Å²) in [6.45, 7) is 0.0245. The molecule has 0 aromatic heterocycles. The molecule has 0 unspecified atom stereocenters. The van der Waals surface area contributed by atoms with Crippen molar-refractivity contribution < 1.29 is 29.3 Å². The van der Waals surface area contributed by atoms with E-state index in [1.54, 1.807) is 24.3 Å². The van der Waals surface area contributed by atoms with Crippen LogP contribution >= 0.6 is 21.6 Å². The molecule has 1 atom stereocenters. The number of hydrogen-bond donors (Lipinski definition) is 4. The minimum Gasteiger partial charge on any atom is -0.480 e. The zero-order valence-corrected chi connectivity index (χ0v) is 14.1. The molecule has 4 N–H and O–H groups in total. The van der Waals surface area contributed by atoms with E-state index < -0.39 is 29.8 Å². The molecule has 1 aromatic rings. The molecule has 0 aliphatic rings. The molecule has 1 aromatic carbocycles. The highest BCUT2D eigenvalue weighted by atomic mass is 33.1. The maximum Gasteiger partial charge on any atom is 0.408 e. The lowest BCUT2D eigenvalue weighted by Gasteiger charge is -2.14. The lowest BCUT2D eigenvalue weighted by atomic mass is 10.2. The van der Waals surface area contributed by atoms with Gasteiger partial charge in [-0.2, -0.15) is 0 Å². The van der Waals surface area contributed by atoms with Crippen molar-refractivity contribution in [3.05, 3.63) is 35.9 Å². The topological polar surface area (TPSA) is 137 Å². The van der Waals surface area contributed by atoms with Crippen molar-refractivity contribution in [2.24, 2.45) is 0 Å². The Hall–Kier alpha value is -2.20. The first-order chi connectivity index (χ1) is 11.4. The summed E-state index contributed by atoms with van der Waals surface area (Å²) in [7, 11) is 2.08.